The third-order valence-electron chi connectivity index (χ3n) is 5.20. The number of halogens is 1. The lowest BCUT2D eigenvalue weighted by atomic mass is 9.95. The van der Waals surface area contributed by atoms with Crippen LogP contribution in [0, 0.1) is 5.92 Å². The molecule has 30 heavy (non-hydrogen) atoms. The molecule has 1 saturated heterocycles. The van der Waals surface area contributed by atoms with Crippen LogP contribution in [0.2, 0.25) is 0 Å². The van der Waals surface area contributed by atoms with Gasteiger partial charge in [-0.15, -0.1) is 0 Å². The lowest BCUT2D eigenvalue weighted by Gasteiger charge is -2.31. The highest BCUT2D eigenvalue weighted by Gasteiger charge is 2.28. The highest BCUT2D eigenvalue weighted by molar-refractivity contribution is 9.10. The first-order chi connectivity index (χ1) is 14.6. The van der Waals surface area contributed by atoms with E-state index in [1.807, 2.05) is 59.5 Å². The van der Waals surface area contributed by atoms with E-state index in [1.165, 1.54) is 0 Å². The van der Waals surface area contributed by atoms with Crippen molar-refractivity contribution in [2.75, 3.05) is 18.4 Å². The van der Waals surface area contributed by atoms with Crippen molar-refractivity contribution in [1.29, 1.82) is 0 Å². The maximum Gasteiger partial charge on any atom is 0.253 e. The number of hydrogen-bond donors (Lipinski definition) is 1. The van der Waals surface area contributed by atoms with Crippen LogP contribution in [0.25, 0.3) is 11.4 Å². The van der Waals surface area contributed by atoms with Crippen molar-refractivity contribution in [3.8, 4) is 11.4 Å². The zero-order valence-corrected chi connectivity index (χ0v) is 17.9. The molecule has 2 heterocycles. The summed E-state index contributed by atoms with van der Waals surface area (Å²) in [6.45, 7) is 1.13. The molecule has 0 atom stereocenters. The van der Waals surface area contributed by atoms with Crippen molar-refractivity contribution in [3.05, 3.63) is 77.0 Å². The Morgan fingerprint density at radius 3 is 2.20 bits per heavy atom. The average Bonchev–Trinajstić information content (AvgIpc) is 2.80. The largest absolute Gasteiger partial charge is 0.339 e. The van der Waals surface area contributed by atoms with E-state index in [4.69, 9.17) is 0 Å². The molecule has 1 aliphatic heterocycles. The van der Waals surface area contributed by atoms with Gasteiger partial charge in [0.25, 0.3) is 5.91 Å². The van der Waals surface area contributed by atoms with Crippen LogP contribution in [-0.2, 0) is 4.79 Å². The summed E-state index contributed by atoms with van der Waals surface area (Å²) in [7, 11) is 0. The zero-order chi connectivity index (χ0) is 20.9. The van der Waals surface area contributed by atoms with E-state index >= 15 is 0 Å². The molecule has 0 bridgehead atoms. The van der Waals surface area contributed by atoms with E-state index in [9.17, 15) is 9.59 Å². The first-order valence-electron chi connectivity index (χ1n) is 9.83. The number of carbonyl (C=O) groups excluding carboxylic acids is 2. The Morgan fingerprint density at radius 1 is 0.933 bits per heavy atom. The zero-order valence-electron chi connectivity index (χ0n) is 16.3. The minimum atomic E-state index is -0.132. The molecule has 3 aromatic rings. The van der Waals surface area contributed by atoms with Gasteiger partial charge in [-0.05, 0) is 37.1 Å². The van der Waals surface area contributed by atoms with Gasteiger partial charge in [0.05, 0.1) is 18.1 Å². The van der Waals surface area contributed by atoms with Gasteiger partial charge in [0.15, 0.2) is 5.82 Å². The fourth-order valence-electron chi connectivity index (χ4n) is 3.49. The van der Waals surface area contributed by atoms with Crippen LogP contribution in [-0.4, -0.2) is 39.8 Å². The molecular weight excluding hydrogens is 444 g/mol. The van der Waals surface area contributed by atoms with E-state index < -0.39 is 0 Å². The van der Waals surface area contributed by atoms with Crippen LogP contribution >= 0.6 is 15.9 Å². The van der Waals surface area contributed by atoms with Gasteiger partial charge in [-0.1, -0.05) is 46.3 Å². The van der Waals surface area contributed by atoms with Crippen molar-refractivity contribution < 1.29 is 9.59 Å². The summed E-state index contributed by atoms with van der Waals surface area (Å²) in [6.07, 6.45) is 4.52. The molecule has 2 amide bonds. The van der Waals surface area contributed by atoms with Gasteiger partial charge in [0.2, 0.25) is 5.91 Å². The summed E-state index contributed by atoms with van der Waals surface area (Å²) in [5.74, 6) is 0.439. The molecule has 0 unspecified atom stereocenters. The molecule has 7 heteroatoms. The molecule has 6 nitrogen and oxygen atoms in total. The number of aromatic nitrogens is 2. The van der Waals surface area contributed by atoms with Crippen molar-refractivity contribution in [3.63, 3.8) is 0 Å². The smallest absolute Gasteiger partial charge is 0.253 e. The van der Waals surface area contributed by atoms with Crippen LogP contribution in [0.15, 0.2) is 71.5 Å². The lowest BCUT2D eigenvalue weighted by Crippen LogP contribution is -2.41. The predicted molar refractivity (Wildman–Crippen MR) is 119 cm³/mol. The fourth-order valence-corrected chi connectivity index (χ4v) is 3.76. The molecule has 0 aliphatic carbocycles. The highest BCUT2D eigenvalue weighted by atomic mass is 79.9. The summed E-state index contributed by atoms with van der Waals surface area (Å²) in [6, 6.07) is 17.0. The number of anilines is 1. The SMILES string of the molecule is O=C(Nc1cnc(-c2ccccc2)nc1)C1CCN(C(=O)c2ccc(Br)cc2)CC1. The molecule has 1 N–H and O–H groups in total. The second-order valence-electron chi connectivity index (χ2n) is 7.22. The maximum absolute atomic E-state index is 12.6. The molecule has 1 aliphatic rings. The van der Waals surface area contributed by atoms with Crippen LogP contribution in [0.1, 0.15) is 23.2 Å². The minimum Gasteiger partial charge on any atom is -0.339 e. The standard InChI is InChI=1S/C23H21BrN4O2/c24-19-8-6-18(7-9-19)23(30)28-12-10-17(11-13-28)22(29)27-20-14-25-21(26-15-20)16-4-2-1-3-5-16/h1-9,14-15,17H,10-13H2,(H,27,29). The molecule has 0 radical (unpaired) electrons. The second kappa shape index (κ2) is 9.17. The van der Waals surface area contributed by atoms with Gasteiger partial charge >= 0.3 is 0 Å². The van der Waals surface area contributed by atoms with Crippen LogP contribution < -0.4 is 5.32 Å². The molecule has 0 saturated carbocycles. The Balaban J connectivity index is 1.31. The number of rotatable bonds is 4. The van der Waals surface area contributed by atoms with Crippen LogP contribution in [0.4, 0.5) is 5.69 Å². The van der Waals surface area contributed by atoms with E-state index in [-0.39, 0.29) is 17.7 Å². The van der Waals surface area contributed by atoms with Gasteiger partial charge in [0.1, 0.15) is 0 Å². The number of benzene rings is 2. The molecule has 4 rings (SSSR count). The van der Waals surface area contributed by atoms with Gasteiger partial charge < -0.3 is 10.2 Å². The first kappa shape index (κ1) is 20.2. The number of hydrogen-bond acceptors (Lipinski definition) is 4. The molecule has 1 fully saturated rings. The summed E-state index contributed by atoms with van der Waals surface area (Å²) in [5.41, 5.74) is 2.17. The predicted octanol–water partition coefficient (Wildman–Crippen LogP) is 4.40. The third kappa shape index (κ3) is 4.74. The highest BCUT2D eigenvalue weighted by Crippen LogP contribution is 2.22. The summed E-state index contributed by atoms with van der Waals surface area (Å²) in [4.78, 5) is 35.7. The summed E-state index contributed by atoms with van der Waals surface area (Å²) in [5, 5.41) is 2.90. The van der Waals surface area contributed by atoms with E-state index in [0.717, 1.165) is 10.0 Å². The first-order valence-corrected chi connectivity index (χ1v) is 10.6. The average molecular weight is 465 g/mol. The van der Waals surface area contributed by atoms with Gasteiger partial charge in [0, 0.05) is 34.6 Å². The fraction of sp³-hybridized carbons (Fsp3) is 0.217. The molecule has 1 aromatic heterocycles. The number of likely N-dealkylation sites (tertiary alicyclic amines) is 1. The van der Waals surface area contributed by atoms with Crippen molar-refractivity contribution >= 4 is 33.4 Å². The van der Waals surface area contributed by atoms with Gasteiger partial charge in [-0.2, -0.15) is 0 Å². The number of carbonyl (C=O) groups is 2. The third-order valence-corrected chi connectivity index (χ3v) is 5.72. The Morgan fingerprint density at radius 2 is 1.57 bits per heavy atom. The topological polar surface area (TPSA) is 75.2 Å². The summed E-state index contributed by atoms with van der Waals surface area (Å²) >= 11 is 3.38. The molecule has 152 valence electrons. The molecule has 0 spiro atoms. The Hall–Kier alpha value is -3.06. The van der Waals surface area contributed by atoms with Crippen LogP contribution in [0.3, 0.4) is 0 Å². The second-order valence-corrected chi connectivity index (χ2v) is 8.14. The lowest BCUT2D eigenvalue weighted by molar-refractivity contribution is -0.121. The maximum atomic E-state index is 12.6. The quantitative estimate of drug-likeness (QED) is 0.620. The van der Waals surface area contributed by atoms with Gasteiger partial charge in [-0.25, -0.2) is 9.97 Å². The normalized spacial score (nSPS) is 14.4. The van der Waals surface area contributed by atoms with E-state index in [2.05, 4.69) is 31.2 Å². The number of nitrogens with zero attached hydrogens (tertiary/aromatic N) is 3. The molecule has 2 aromatic carbocycles. The van der Waals surface area contributed by atoms with Crippen molar-refractivity contribution in [1.82, 2.24) is 14.9 Å². The number of nitrogens with one attached hydrogen (secondary N) is 1. The Labute approximate surface area is 183 Å². The van der Waals surface area contributed by atoms with Crippen LogP contribution in [0.5, 0.6) is 0 Å². The van der Waals surface area contributed by atoms with Crippen molar-refractivity contribution in [2.45, 2.75) is 12.8 Å². The van der Waals surface area contributed by atoms with Crippen molar-refractivity contribution in [2.24, 2.45) is 5.92 Å². The van der Waals surface area contributed by atoms with Gasteiger partial charge in [-0.3, -0.25) is 9.59 Å². The summed E-state index contributed by atoms with van der Waals surface area (Å²) < 4.78 is 0.940. The molecular formula is C23H21BrN4O2. The Kier molecular flexibility index (Phi) is 6.18. The van der Waals surface area contributed by atoms with E-state index in [0.29, 0.717) is 43.0 Å². The van der Waals surface area contributed by atoms with E-state index in [1.54, 1.807) is 12.4 Å². The number of amides is 2. The monoisotopic (exact) mass is 464 g/mol. The number of piperidine rings is 1. The minimum absolute atomic E-state index is 0.00580. The Bertz CT molecular complexity index is 1020.